The van der Waals surface area contributed by atoms with Crippen molar-refractivity contribution in [3.63, 3.8) is 0 Å². The first-order valence-corrected chi connectivity index (χ1v) is 20.6. The summed E-state index contributed by atoms with van der Waals surface area (Å²) in [6.45, 7) is 4.42. The van der Waals surface area contributed by atoms with Crippen LogP contribution in [-0.4, -0.2) is 76.9 Å². The van der Waals surface area contributed by atoms with Crippen molar-refractivity contribution in [2.24, 2.45) is 5.92 Å². The Hall–Kier alpha value is -2.11. The van der Waals surface area contributed by atoms with Gasteiger partial charge in [0.15, 0.2) is 6.10 Å². The van der Waals surface area contributed by atoms with Crippen molar-refractivity contribution in [1.29, 1.82) is 0 Å². The van der Waals surface area contributed by atoms with Gasteiger partial charge in [0.05, 0.1) is 25.9 Å². The summed E-state index contributed by atoms with van der Waals surface area (Å²) < 4.78 is 32.4. The van der Waals surface area contributed by atoms with Crippen molar-refractivity contribution in [3.8, 4) is 0 Å². The van der Waals surface area contributed by atoms with Gasteiger partial charge in [0.2, 0.25) is 0 Å². The van der Waals surface area contributed by atoms with Crippen LogP contribution in [0.2, 0.25) is 0 Å². The summed E-state index contributed by atoms with van der Waals surface area (Å²) in [5.74, 6) is -0.288. The molecule has 0 saturated carbocycles. The Morgan fingerprint density at radius 3 is 2.14 bits per heavy atom. The van der Waals surface area contributed by atoms with E-state index in [0.717, 1.165) is 31.6 Å². The molecule has 0 aromatic rings. The molecule has 5 atom stereocenters. The molecule has 11 nitrogen and oxygen atoms in total. The number of unbranched alkanes of at least 4 members (excludes halogenated alkanes) is 9. The minimum Gasteiger partial charge on any atom is -0.462 e. The van der Waals surface area contributed by atoms with Crippen LogP contribution in [0.1, 0.15) is 136 Å². The number of aliphatic hydroxyl groups is 3. The van der Waals surface area contributed by atoms with Crippen LogP contribution < -0.4 is 0 Å². The molecular formula is C39H69O11P. The number of phosphoric ester groups is 1. The third-order valence-corrected chi connectivity index (χ3v) is 9.06. The van der Waals surface area contributed by atoms with Gasteiger partial charge in [-0.05, 0) is 50.9 Å². The molecule has 0 saturated heterocycles. The molecule has 0 aliphatic rings. The zero-order valence-electron chi connectivity index (χ0n) is 31.6. The Morgan fingerprint density at radius 1 is 0.745 bits per heavy atom. The molecule has 0 aliphatic carbocycles. The standard InChI is InChI=1S/C39H69O11P/c1-4-6-7-8-10-16-21-26-35(41)27-22-17-11-9-12-18-23-28-38(43)47-32-37(33-49-51(45,46)48-31-36(42)30-40)50-39(44)29-24-19-14-13-15-20-25-34(3)5-2/h9-10,12,16-17,21-22,26,34-37,40-42H,4-8,11,13-15,18-20,23-25,27-33H2,1-3H3,(H,45,46)/b12-9+,16-10-,22-17-,26-21-/t34?,35-,36+,37-/m1/s1. The van der Waals surface area contributed by atoms with E-state index in [4.69, 9.17) is 19.1 Å². The van der Waals surface area contributed by atoms with Gasteiger partial charge in [-0.2, -0.15) is 0 Å². The highest BCUT2D eigenvalue weighted by Crippen LogP contribution is 2.43. The van der Waals surface area contributed by atoms with Gasteiger partial charge in [0.25, 0.3) is 0 Å². The maximum atomic E-state index is 12.5. The number of carbonyl (C=O) groups is 2. The predicted molar refractivity (Wildman–Crippen MR) is 202 cm³/mol. The number of hydrogen-bond acceptors (Lipinski definition) is 10. The van der Waals surface area contributed by atoms with E-state index < -0.39 is 57.9 Å². The lowest BCUT2D eigenvalue weighted by Crippen LogP contribution is -2.29. The van der Waals surface area contributed by atoms with Crippen molar-refractivity contribution in [1.82, 2.24) is 0 Å². The second-order valence-corrected chi connectivity index (χ2v) is 14.5. The van der Waals surface area contributed by atoms with Crippen LogP contribution in [0.5, 0.6) is 0 Å². The fourth-order valence-corrected chi connectivity index (χ4v) is 5.48. The van der Waals surface area contributed by atoms with Gasteiger partial charge >= 0.3 is 19.8 Å². The fourth-order valence-electron chi connectivity index (χ4n) is 4.69. The van der Waals surface area contributed by atoms with Gasteiger partial charge < -0.3 is 29.7 Å². The summed E-state index contributed by atoms with van der Waals surface area (Å²) in [6.07, 6.45) is 28.5. The average molecular weight is 745 g/mol. The van der Waals surface area contributed by atoms with E-state index in [-0.39, 0.29) is 19.4 Å². The number of esters is 2. The number of ether oxygens (including phenoxy) is 2. The van der Waals surface area contributed by atoms with Gasteiger partial charge in [-0.15, -0.1) is 0 Å². The number of rotatable bonds is 34. The van der Waals surface area contributed by atoms with Crippen LogP contribution in [0.4, 0.5) is 0 Å². The van der Waals surface area contributed by atoms with E-state index in [1.165, 1.54) is 44.9 Å². The minimum absolute atomic E-state index is 0.130. The molecule has 0 aromatic carbocycles. The van der Waals surface area contributed by atoms with Crippen molar-refractivity contribution < 1.29 is 52.9 Å². The van der Waals surface area contributed by atoms with Crippen molar-refractivity contribution in [2.75, 3.05) is 26.4 Å². The topological polar surface area (TPSA) is 169 Å². The van der Waals surface area contributed by atoms with Crippen LogP contribution >= 0.6 is 7.82 Å². The first-order valence-electron chi connectivity index (χ1n) is 19.1. The molecule has 0 spiro atoms. The minimum atomic E-state index is -4.64. The zero-order chi connectivity index (χ0) is 38.0. The molecule has 2 unspecified atom stereocenters. The van der Waals surface area contributed by atoms with Gasteiger partial charge in [0.1, 0.15) is 12.7 Å². The highest BCUT2D eigenvalue weighted by Gasteiger charge is 2.27. The SMILES string of the molecule is CCCCC/C=C\C=C/[C@@H](O)C/C=C\C/C=C/CCCC(=O)OC[C@H](COP(=O)(O)OC[C@@H](O)CO)OC(=O)CCCCCCCCC(C)CC. The molecule has 0 fully saturated rings. The molecular weight excluding hydrogens is 675 g/mol. The number of carbonyl (C=O) groups excluding carboxylic acids is 2. The Bertz CT molecular complexity index is 1030. The largest absolute Gasteiger partial charge is 0.472 e. The van der Waals surface area contributed by atoms with Gasteiger partial charge in [-0.3, -0.25) is 18.6 Å². The van der Waals surface area contributed by atoms with Gasteiger partial charge in [-0.25, -0.2) is 4.57 Å². The highest BCUT2D eigenvalue weighted by atomic mass is 31.2. The number of aliphatic hydroxyl groups excluding tert-OH is 3. The summed E-state index contributed by atoms with van der Waals surface area (Å²) in [6, 6.07) is 0. The quantitative estimate of drug-likeness (QED) is 0.0165. The highest BCUT2D eigenvalue weighted by molar-refractivity contribution is 7.47. The normalized spacial score (nSPS) is 15.8. The first-order chi connectivity index (χ1) is 24.5. The van der Waals surface area contributed by atoms with E-state index in [1.54, 1.807) is 6.08 Å². The molecule has 0 bridgehead atoms. The molecule has 0 aromatic heterocycles. The molecule has 0 rings (SSSR count). The van der Waals surface area contributed by atoms with Crippen LogP contribution in [0.25, 0.3) is 0 Å². The molecule has 296 valence electrons. The lowest BCUT2D eigenvalue weighted by atomic mass is 10.00. The molecule has 0 radical (unpaired) electrons. The summed E-state index contributed by atoms with van der Waals surface area (Å²) in [4.78, 5) is 34.8. The van der Waals surface area contributed by atoms with Gasteiger partial charge in [0, 0.05) is 12.8 Å². The monoisotopic (exact) mass is 744 g/mol. The number of allylic oxidation sites excluding steroid dienone is 6. The molecule has 0 amide bonds. The summed E-state index contributed by atoms with van der Waals surface area (Å²) >= 11 is 0. The third-order valence-electron chi connectivity index (χ3n) is 8.11. The molecule has 0 heterocycles. The molecule has 51 heavy (non-hydrogen) atoms. The smallest absolute Gasteiger partial charge is 0.462 e. The average Bonchev–Trinajstić information content (AvgIpc) is 3.11. The number of phosphoric acid groups is 1. The van der Waals surface area contributed by atoms with Crippen LogP contribution in [0, 0.1) is 5.92 Å². The fraction of sp³-hybridized carbons (Fsp3) is 0.744. The van der Waals surface area contributed by atoms with Crippen LogP contribution in [0.15, 0.2) is 48.6 Å². The molecule has 0 aliphatic heterocycles. The van der Waals surface area contributed by atoms with E-state index in [9.17, 15) is 29.3 Å². The lowest BCUT2D eigenvalue weighted by molar-refractivity contribution is -0.161. The lowest BCUT2D eigenvalue weighted by Gasteiger charge is -2.20. The van der Waals surface area contributed by atoms with Crippen LogP contribution in [0.3, 0.4) is 0 Å². The second-order valence-electron chi connectivity index (χ2n) is 13.0. The summed E-state index contributed by atoms with van der Waals surface area (Å²) in [5.41, 5.74) is 0. The van der Waals surface area contributed by atoms with E-state index in [0.29, 0.717) is 32.1 Å². The summed E-state index contributed by atoms with van der Waals surface area (Å²) in [7, 11) is -4.64. The second kappa shape index (κ2) is 33.7. The van der Waals surface area contributed by atoms with E-state index >= 15 is 0 Å². The molecule has 4 N–H and O–H groups in total. The van der Waals surface area contributed by atoms with Crippen molar-refractivity contribution >= 4 is 19.8 Å². The Morgan fingerprint density at radius 2 is 1.41 bits per heavy atom. The van der Waals surface area contributed by atoms with Gasteiger partial charge in [-0.1, -0.05) is 127 Å². The first kappa shape index (κ1) is 48.9. The van der Waals surface area contributed by atoms with E-state index in [2.05, 4.69) is 31.4 Å². The molecule has 12 heteroatoms. The zero-order valence-corrected chi connectivity index (χ0v) is 32.5. The Balaban J connectivity index is 4.53. The van der Waals surface area contributed by atoms with Crippen LogP contribution in [-0.2, 0) is 32.7 Å². The number of hydrogen-bond donors (Lipinski definition) is 4. The summed E-state index contributed by atoms with van der Waals surface area (Å²) in [5, 5.41) is 28.3. The maximum Gasteiger partial charge on any atom is 0.472 e. The predicted octanol–water partition coefficient (Wildman–Crippen LogP) is 8.21. The maximum absolute atomic E-state index is 12.5. The van der Waals surface area contributed by atoms with Crippen molar-refractivity contribution in [2.45, 2.75) is 155 Å². The van der Waals surface area contributed by atoms with E-state index in [1.807, 2.05) is 36.5 Å². The Labute approximate surface area is 307 Å². The Kier molecular flexibility index (Phi) is 32.3. The third kappa shape index (κ3) is 33.5. The van der Waals surface area contributed by atoms with Crippen molar-refractivity contribution in [3.05, 3.63) is 48.6 Å².